The Morgan fingerprint density at radius 3 is 2.70 bits per heavy atom. The van der Waals surface area contributed by atoms with Gasteiger partial charge < -0.3 is 15.6 Å². The molecular weight excluding hydrogens is 252 g/mol. The molecule has 0 radical (unpaired) electrons. The summed E-state index contributed by atoms with van der Waals surface area (Å²) in [5.41, 5.74) is 9.53. The molecule has 3 aromatic rings. The van der Waals surface area contributed by atoms with Gasteiger partial charge in [0, 0.05) is 38.1 Å². The first-order chi connectivity index (χ1) is 9.78. The van der Waals surface area contributed by atoms with Crippen LogP contribution < -0.4 is 10.6 Å². The first kappa shape index (κ1) is 12.6. The summed E-state index contributed by atoms with van der Waals surface area (Å²) in [4.78, 5) is 18.0. The third-order valence-electron chi connectivity index (χ3n) is 3.20. The summed E-state index contributed by atoms with van der Waals surface area (Å²) in [7, 11) is 1.93. The van der Waals surface area contributed by atoms with Crippen LogP contribution in [0.4, 0.5) is 5.95 Å². The average molecular weight is 268 g/mol. The average Bonchev–Trinajstić information content (AvgIpc) is 2.95. The van der Waals surface area contributed by atoms with Gasteiger partial charge in [-0.25, -0.2) is 15.0 Å². The second kappa shape index (κ2) is 5.26. The second-order valence-corrected chi connectivity index (χ2v) is 4.62. The molecule has 3 N–H and O–H groups in total. The van der Waals surface area contributed by atoms with Crippen molar-refractivity contribution in [3.8, 4) is 11.1 Å². The Labute approximate surface area is 116 Å². The Morgan fingerprint density at radius 2 is 1.95 bits per heavy atom. The number of rotatable bonds is 4. The lowest BCUT2D eigenvalue weighted by Crippen LogP contribution is -2.26. The van der Waals surface area contributed by atoms with Crippen LogP contribution in [0.5, 0.6) is 0 Å². The van der Waals surface area contributed by atoms with Crippen molar-refractivity contribution in [1.29, 1.82) is 0 Å². The van der Waals surface area contributed by atoms with Crippen LogP contribution >= 0.6 is 0 Å². The zero-order valence-corrected chi connectivity index (χ0v) is 11.2. The molecule has 1 aromatic carbocycles. The summed E-state index contributed by atoms with van der Waals surface area (Å²) in [6.07, 6.45) is 5.34. The van der Waals surface area contributed by atoms with Crippen LogP contribution in [-0.4, -0.2) is 40.1 Å². The molecule has 0 saturated carbocycles. The number of aromatic nitrogens is 4. The smallest absolute Gasteiger partial charge is 0.225 e. The van der Waals surface area contributed by atoms with Gasteiger partial charge in [-0.3, -0.25) is 0 Å². The Kier molecular flexibility index (Phi) is 3.30. The molecule has 0 spiro atoms. The number of hydrogen-bond acceptors (Lipinski definition) is 5. The number of benzene rings is 1. The van der Waals surface area contributed by atoms with E-state index in [9.17, 15) is 0 Å². The largest absolute Gasteiger partial charge is 0.345 e. The van der Waals surface area contributed by atoms with Crippen molar-refractivity contribution in [1.82, 2.24) is 19.9 Å². The van der Waals surface area contributed by atoms with Crippen LogP contribution in [0.3, 0.4) is 0 Å². The molecule has 0 aliphatic carbocycles. The second-order valence-electron chi connectivity index (χ2n) is 4.62. The number of aromatic amines is 1. The highest BCUT2D eigenvalue weighted by Gasteiger charge is 2.05. The minimum Gasteiger partial charge on any atom is -0.345 e. The van der Waals surface area contributed by atoms with E-state index in [0.29, 0.717) is 12.5 Å². The highest BCUT2D eigenvalue weighted by Crippen LogP contribution is 2.22. The summed E-state index contributed by atoms with van der Waals surface area (Å²) in [6, 6.07) is 6.05. The lowest BCUT2D eigenvalue weighted by Gasteiger charge is -2.15. The summed E-state index contributed by atoms with van der Waals surface area (Å²) < 4.78 is 0. The van der Waals surface area contributed by atoms with E-state index < -0.39 is 0 Å². The van der Waals surface area contributed by atoms with Gasteiger partial charge in [0.1, 0.15) is 0 Å². The van der Waals surface area contributed by atoms with E-state index in [1.807, 2.05) is 42.5 Å². The molecule has 6 heteroatoms. The zero-order chi connectivity index (χ0) is 13.9. The van der Waals surface area contributed by atoms with Crippen LogP contribution in [0.15, 0.2) is 36.9 Å². The predicted octanol–water partition coefficient (Wildman–Crippen LogP) is 1.41. The maximum absolute atomic E-state index is 5.52. The lowest BCUT2D eigenvalue weighted by atomic mass is 10.1. The fourth-order valence-corrected chi connectivity index (χ4v) is 2.08. The molecular formula is C14H16N6. The molecule has 0 atom stereocenters. The van der Waals surface area contributed by atoms with Crippen molar-refractivity contribution in [3.63, 3.8) is 0 Å². The van der Waals surface area contributed by atoms with Crippen LogP contribution in [0.1, 0.15) is 0 Å². The van der Waals surface area contributed by atoms with Crippen LogP contribution in [-0.2, 0) is 0 Å². The molecule has 0 bridgehead atoms. The van der Waals surface area contributed by atoms with Crippen LogP contribution in [0, 0.1) is 0 Å². The van der Waals surface area contributed by atoms with Gasteiger partial charge in [0.15, 0.2) is 0 Å². The predicted molar refractivity (Wildman–Crippen MR) is 79.4 cm³/mol. The van der Waals surface area contributed by atoms with Crippen molar-refractivity contribution in [2.45, 2.75) is 0 Å². The molecule has 0 saturated heterocycles. The first-order valence-corrected chi connectivity index (χ1v) is 6.44. The van der Waals surface area contributed by atoms with Gasteiger partial charge in [0.2, 0.25) is 5.95 Å². The van der Waals surface area contributed by atoms with E-state index in [0.717, 1.165) is 28.7 Å². The summed E-state index contributed by atoms with van der Waals surface area (Å²) in [5.74, 6) is 0.682. The number of nitrogens with zero attached hydrogens (tertiary/aromatic N) is 4. The van der Waals surface area contributed by atoms with Gasteiger partial charge in [0.05, 0.1) is 17.4 Å². The number of hydrogen-bond donors (Lipinski definition) is 2. The highest BCUT2D eigenvalue weighted by molar-refractivity contribution is 5.81. The fraction of sp³-hybridized carbons (Fsp3) is 0.214. The van der Waals surface area contributed by atoms with E-state index in [-0.39, 0.29) is 0 Å². The van der Waals surface area contributed by atoms with Crippen molar-refractivity contribution in [2.24, 2.45) is 5.73 Å². The SMILES string of the molecule is CN(CCN)c1ncc(-c2ccc3nc[nH]c3c2)cn1. The number of H-pyrrole nitrogens is 1. The van der Waals surface area contributed by atoms with Crippen molar-refractivity contribution in [2.75, 3.05) is 25.0 Å². The van der Waals surface area contributed by atoms with Gasteiger partial charge in [-0.1, -0.05) is 6.07 Å². The number of imidazole rings is 1. The maximum atomic E-state index is 5.52. The van der Waals surface area contributed by atoms with E-state index in [4.69, 9.17) is 5.73 Å². The van der Waals surface area contributed by atoms with Gasteiger partial charge >= 0.3 is 0 Å². The third kappa shape index (κ3) is 2.33. The molecule has 0 amide bonds. The Balaban J connectivity index is 1.90. The van der Waals surface area contributed by atoms with Gasteiger partial charge in [-0.15, -0.1) is 0 Å². The fourth-order valence-electron chi connectivity index (χ4n) is 2.08. The summed E-state index contributed by atoms with van der Waals surface area (Å²) in [6.45, 7) is 1.32. The number of likely N-dealkylation sites (N-methyl/N-ethyl adjacent to an activating group) is 1. The zero-order valence-electron chi connectivity index (χ0n) is 11.2. The normalized spacial score (nSPS) is 10.9. The molecule has 0 unspecified atom stereocenters. The van der Waals surface area contributed by atoms with Gasteiger partial charge in [-0.05, 0) is 17.7 Å². The van der Waals surface area contributed by atoms with Crippen molar-refractivity contribution < 1.29 is 0 Å². The molecule has 0 fully saturated rings. The molecule has 2 heterocycles. The van der Waals surface area contributed by atoms with Crippen LogP contribution in [0.2, 0.25) is 0 Å². The van der Waals surface area contributed by atoms with E-state index >= 15 is 0 Å². The Hall–Kier alpha value is -2.47. The maximum Gasteiger partial charge on any atom is 0.225 e. The van der Waals surface area contributed by atoms with Crippen molar-refractivity contribution >= 4 is 17.0 Å². The molecule has 102 valence electrons. The quantitative estimate of drug-likeness (QED) is 0.747. The number of nitrogens with one attached hydrogen (secondary N) is 1. The number of fused-ring (bicyclic) bond motifs is 1. The van der Waals surface area contributed by atoms with E-state index in [1.54, 1.807) is 6.33 Å². The number of anilines is 1. The molecule has 20 heavy (non-hydrogen) atoms. The highest BCUT2D eigenvalue weighted by atomic mass is 15.2. The lowest BCUT2D eigenvalue weighted by molar-refractivity contribution is 0.846. The monoisotopic (exact) mass is 268 g/mol. The summed E-state index contributed by atoms with van der Waals surface area (Å²) >= 11 is 0. The minimum atomic E-state index is 0.581. The van der Waals surface area contributed by atoms with Gasteiger partial charge in [-0.2, -0.15) is 0 Å². The first-order valence-electron chi connectivity index (χ1n) is 6.44. The number of nitrogens with two attached hydrogens (primary N) is 1. The Bertz CT molecular complexity index is 703. The molecule has 0 aliphatic heterocycles. The summed E-state index contributed by atoms with van der Waals surface area (Å²) in [5, 5.41) is 0. The minimum absolute atomic E-state index is 0.581. The van der Waals surface area contributed by atoms with Crippen molar-refractivity contribution in [3.05, 3.63) is 36.9 Å². The molecule has 0 aliphatic rings. The molecule has 3 rings (SSSR count). The van der Waals surface area contributed by atoms with E-state index in [2.05, 4.69) is 19.9 Å². The van der Waals surface area contributed by atoms with Gasteiger partial charge in [0.25, 0.3) is 0 Å². The Morgan fingerprint density at radius 1 is 1.15 bits per heavy atom. The topological polar surface area (TPSA) is 83.7 Å². The third-order valence-corrected chi connectivity index (χ3v) is 3.20. The van der Waals surface area contributed by atoms with Crippen LogP contribution in [0.25, 0.3) is 22.2 Å². The molecule has 2 aromatic heterocycles. The van der Waals surface area contributed by atoms with E-state index in [1.165, 1.54) is 0 Å². The molecule has 6 nitrogen and oxygen atoms in total. The standard InChI is InChI=1S/C14H16N6/c1-20(5-4-15)14-16-7-11(8-17-14)10-2-3-12-13(6-10)19-9-18-12/h2-3,6-9H,4-5,15H2,1H3,(H,18,19).